The molecule has 154 valence electrons. The van der Waals surface area contributed by atoms with Crippen molar-refractivity contribution in [2.75, 3.05) is 18.1 Å². The number of ether oxygens (including phenoxy) is 1. The molecule has 0 spiro atoms. The molecule has 4 rings (SSSR count). The summed E-state index contributed by atoms with van der Waals surface area (Å²) in [5.41, 5.74) is 2.82. The topological polar surface area (TPSA) is 76.5 Å². The lowest BCUT2D eigenvalue weighted by atomic mass is 10.1. The van der Waals surface area contributed by atoms with E-state index in [9.17, 15) is 9.59 Å². The Morgan fingerprint density at radius 1 is 1.20 bits per heavy atom. The highest BCUT2D eigenvalue weighted by Crippen LogP contribution is 2.25. The molecule has 1 saturated heterocycles. The average Bonchev–Trinajstić information content (AvgIpc) is 3.44. The fourth-order valence-electron chi connectivity index (χ4n) is 3.52. The van der Waals surface area contributed by atoms with Gasteiger partial charge in [-0.25, -0.2) is 4.98 Å². The van der Waals surface area contributed by atoms with Gasteiger partial charge in [0, 0.05) is 42.8 Å². The molecule has 1 atom stereocenters. The van der Waals surface area contributed by atoms with E-state index in [0.29, 0.717) is 12.2 Å². The zero-order chi connectivity index (χ0) is 20.9. The number of nitrogens with zero attached hydrogens (tertiary/aromatic N) is 3. The molecule has 2 heterocycles. The molecule has 0 radical (unpaired) electrons. The van der Waals surface area contributed by atoms with Crippen molar-refractivity contribution in [2.45, 2.75) is 25.8 Å². The molecular weight excluding hydrogens is 380 g/mol. The van der Waals surface area contributed by atoms with Crippen molar-refractivity contribution < 1.29 is 14.3 Å². The Morgan fingerprint density at radius 3 is 2.73 bits per heavy atom. The highest BCUT2D eigenvalue weighted by Gasteiger charge is 2.22. The van der Waals surface area contributed by atoms with Crippen molar-refractivity contribution in [3.8, 4) is 11.4 Å². The quantitative estimate of drug-likeness (QED) is 0.656. The monoisotopic (exact) mass is 404 g/mol. The number of amides is 2. The Morgan fingerprint density at radius 2 is 2.03 bits per heavy atom. The SMILES string of the molecule is CC(NC(=O)COc1cccc(N2CCCC2=O)c1)c1ccc(-n2ccnc2)cc1. The van der Waals surface area contributed by atoms with Gasteiger partial charge in [-0.3, -0.25) is 9.59 Å². The van der Waals surface area contributed by atoms with Gasteiger partial charge in [0.15, 0.2) is 6.61 Å². The van der Waals surface area contributed by atoms with Crippen LogP contribution in [0, 0.1) is 0 Å². The second kappa shape index (κ2) is 8.82. The van der Waals surface area contributed by atoms with Crippen molar-refractivity contribution in [2.24, 2.45) is 0 Å². The van der Waals surface area contributed by atoms with Crippen molar-refractivity contribution in [3.63, 3.8) is 0 Å². The lowest BCUT2D eigenvalue weighted by Crippen LogP contribution is -2.31. The minimum absolute atomic E-state index is 0.0884. The molecular formula is C23H24N4O3. The molecule has 2 amide bonds. The summed E-state index contributed by atoms with van der Waals surface area (Å²) in [6.07, 6.45) is 6.80. The molecule has 0 aliphatic carbocycles. The van der Waals surface area contributed by atoms with E-state index in [1.807, 2.05) is 54.1 Å². The lowest BCUT2D eigenvalue weighted by Gasteiger charge is -2.17. The maximum absolute atomic E-state index is 12.3. The van der Waals surface area contributed by atoms with Gasteiger partial charge < -0.3 is 19.5 Å². The van der Waals surface area contributed by atoms with Gasteiger partial charge in [-0.2, -0.15) is 0 Å². The van der Waals surface area contributed by atoms with Gasteiger partial charge in [0.05, 0.1) is 12.4 Å². The number of anilines is 1. The summed E-state index contributed by atoms with van der Waals surface area (Å²) in [7, 11) is 0. The normalized spacial score (nSPS) is 14.6. The molecule has 1 aliphatic heterocycles. The van der Waals surface area contributed by atoms with Gasteiger partial charge in [0.2, 0.25) is 5.91 Å². The molecule has 1 fully saturated rings. The van der Waals surface area contributed by atoms with Crippen LogP contribution in [0.1, 0.15) is 31.4 Å². The first-order valence-corrected chi connectivity index (χ1v) is 10.0. The number of carbonyl (C=O) groups excluding carboxylic acids is 2. The van der Waals surface area contributed by atoms with Crippen LogP contribution >= 0.6 is 0 Å². The van der Waals surface area contributed by atoms with Crippen LogP contribution < -0.4 is 15.0 Å². The van der Waals surface area contributed by atoms with Gasteiger partial charge >= 0.3 is 0 Å². The molecule has 1 aromatic heterocycles. The van der Waals surface area contributed by atoms with Crippen molar-refractivity contribution in [1.82, 2.24) is 14.9 Å². The molecule has 3 aromatic rings. The van der Waals surface area contributed by atoms with E-state index in [4.69, 9.17) is 4.74 Å². The van der Waals surface area contributed by atoms with Crippen LogP contribution in [0.5, 0.6) is 5.75 Å². The van der Waals surface area contributed by atoms with Crippen LogP contribution in [-0.4, -0.2) is 34.5 Å². The second-order valence-corrected chi connectivity index (χ2v) is 7.29. The first-order valence-electron chi connectivity index (χ1n) is 10.0. The molecule has 30 heavy (non-hydrogen) atoms. The zero-order valence-electron chi connectivity index (χ0n) is 16.8. The fourth-order valence-corrected chi connectivity index (χ4v) is 3.52. The number of rotatable bonds is 7. The van der Waals surface area contributed by atoms with Gasteiger partial charge in [-0.05, 0) is 43.2 Å². The van der Waals surface area contributed by atoms with Crippen LogP contribution in [0.4, 0.5) is 5.69 Å². The number of aromatic nitrogens is 2. The minimum Gasteiger partial charge on any atom is -0.484 e. The third kappa shape index (κ3) is 4.51. The number of imidazole rings is 1. The van der Waals surface area contributed by atoms with Gasteiger partial charge in [0.1, 0.15) is 5.75 Å². The number of benzene rings is 2. The van der Waals surface area contributed by atoms with E-state index in [1.165, 1.54) is 0 Å². The Labute approximate surface area is 175 Å². The smallest absolute Gasteiger partial charge is 0.258 e. The van der Waals surface area contributed by atoms with E-state index in [0.717, 1.165) is 29.9 Å². The highest BCUT2D eigenvalue weighted by molar-refractivity contribution is 5.95. The van der Waals surface area contributed by atoms with E-state index in [2.05, 4.69) is 10.3 Å². The third-order valence-corrected chi connectivity index (χ3v) is 5.15. The third-order valence-electron chi connectivity index (χ3n) is 5.15. The van der Waals surface area contributed by atoms with Crippen LogP contribution in [0.3, 0.4) is 0 Å². The number of hydrogen-bond donors (Lipinski definition) is 1. The molecule has 2 aromatic carbocycles. The summed E-state index contributed by atoms with van der Waals surface area (Å²) in [5, 5.41) is 2.95. The molecule has 1 N–H and O–H groups in total. The summed E-state index contributed by atoms with van der Waals surface area (Å²) >= 11 is 0. The average molecular weight is 404 g/mol. The van der Waals surface area contributed by atoms with Crippen LogP contribution in [0.15, 0.2) is 67.3 Å². The number of nitrogens with one attached hydrogen (secondary N) is 1. The molecule has 7 heteroatoms. The molecule has 0 bridgehead atoms. The maximum atomic E-state index is 12.3. The number of hydrogen-bond acceptors (Lipinski definition) is 4. The predicted octanol–water partition coefficient (Wildman–Crippen LogP) is 3.26. The van der Waals surface area contributed by atoms with E-state index in [1.54, 1.807) is 29.6 Å². The van der Waals surface area contributed by atoms with E-state index >= 15 is 0 Å². The predicted molar refractivity (Wildman–Crippen MR) is 114 cm³/mol. The molecule has 1 unspecified atom stereocenters. The minimum atomic E-state index is -0.205. The van der Waals surface area contributed by atoms with Crippen molar-refractivity contribution >= 4 is 17.5 Å². The van der Waals surface area contributed by atoms with Crippen LogP contribution in [0.2, 0.25) is 0 Å². The maximum Gasteiger partial charge on any atom is 0.258 e. The van der Waals surface area contributed by atoms with Gasteiger partial charge in [-0.1, -0.05) is 18.2 Å². The second-order valence-electron chi connectivity index (χ2n) is 7.29. The molecule has 0 saturated carbocycles. The number of carbonyl (C=O) groups is 2. The van der Waals surface area contributed by atoms with Crippen LogP contribution in [0.25, 0.3) is 5.69 Å². The standard InChI is InChI=1S/C23H24N4O3/c1-17(18-7-9-19(10-8-18)26-13-11-24-16-26)25-22(28)15-30-21-5-2-4-20(14-21)27-12-3-6-23(27)29/h2,4-5,7-11,13-14,16-17H,3,6,12,15H2,1H3,(H,25,28). The highest BCUT2D eigenvalue weighted by atomic mass is 16.5. The summed E-state index contributed by atoms with van der Waals surface area (Å²) in [6.45, 7) is 2.57. The largest absolute Gasteiger partial charge is 0.484 e. The lowest BCUT2D eigenvalue weighted by molar-refractivity contribution is -0.123. The first-order chi connectivity index (χ1) is 14.6. The first kappa shape index (κ1) is 19.7. The van der Waals surface area contributed by atoms with Crippen molar-refractivity contribution in [1.29, 1.82) is 0 Å². The Kier molecular flexibility index (Phi) is 5.79. The Hall–Kier alpha value is -3.61. The van der Waals surface area contributed by atoms with Crippen LogP contribution in [-0.2, 0) is 9.59 Å². The van der Waals surface area contributed by atoms with E-state index < -0.39 is 0 Å². The van der Waals surface area contributed by atoms with Gasteiger partial charge in [-0.15, -0.1) is 0 Å². The summed E-state index contributed by atoms with van der Waals surface area (Å²) in [5.74, 6) is 0.487. The summed E-state index contributed by atoms with van der Waals surface area (Å²) < 4.78 is 7.57. The summed E-state index contributed by atoms with van der Waals surface area (Å²) in [4.78, 5) is 30.0. The zero-order valence-corrected chi connectivity index (χ0v) is 16.8. The Bertz CT molecular complexity index is 1020. The van der Waals surface area contributed by atoms with E-state index in [-0.39, 0.29) is 24.5 Å². The molecule has 7 nitrogen and oxygen atoms in total. The van der Waals surface area contributed by atoms with Gasteiger partial charge in [0.25, 0.3) is 5.91 Å². The molecule has 1 aliphatic rings. The van der Waals surface area contributed by atoms with Crippen molar-refractivity contribution in [3.05, 3.63) is 72.8 Å². The Balaban J connectivity index is 1.31. The fraction of sp³-hybridized carbons (Fsp3) is 0.261. The summed E-state index contributed by atoms with van der Waals surface area (Å²) in [6, 6.07) is 15.1.